The Kier molecular flexibility index (Phi) is 4.57. The number of rotatable bonds is 5. The maximum atomic E-state index is 12.2. The van der Waals surface area contributed by atoms with Crippen molar-refractivity contribution in [2.45, 2.75) is 13.0 Å². The second-order valence-corrected chi connectivity index (χ2v) is 5.41. The van der Waals surface area contributed by atoms with Crippen LogP contribution in [0.5, 0.6) is 0 Å². The summed E-state index contributed by atoms with van der Waals surface area (Å²) in [6.07, 6.45) is 2.94. The first kappa shape index (κ1) is 16.1. The predicted octanol–water partition coefficient (Wildman–Crippen LogP) is 3.19. The molecule has 7 heteroatoms. The van der Waals surface area contributed by atoms with Crippen molar-refractivity contribution < 1.29 is 9.53 Å². The number of aromatic nitrogens is 4. The van der Waals surface area contributed by atoms with Crippen LogP contribution in [0.25, 0.3) is 11.2 Å². The van der Waals surface area contributed by atoms with Gasteiger partial charge in [0, 0.05) is 0 Å². The van der Waals surface area contributed by atoms with E-state index in [1.165, 1.54) is 6.33 Å². The van der Waals surface area contributed by atoms with Gasteiger partial charge in [0.25, 0.3) is 0 Å². The number of nitrogens with zero attached hydrogens (tertiary/aromatic N) is 4. The van der Waals surface area contributed by atoms with Gasteiger partial charge in [-0.15, -0.1) is 0 Å². The topological polar surface area (TPSA) is 69.9 Å². The van der Waals surface area contributed by atoms with Crippen molar-refractivity contribution in [1.29, 1.82) is 0 Å². The minimum absolute atomic E-state index is 0.257. The Morgan fingerprint density at radius 3 is 2.75 bits per heavy atom. The maximum absolute atomic E-state index is 12.2. The third-order valence-corrected chi connectivity index (χ3v) is 3.85. The van der Waals surface area contributed by atoms with Gasteiger partial charge in [-0.2, -0.15) is 0 Å². The maximum Gasteiger partial charge on any atom is 0.335 e. The summed E-state index contributed by atoms with van der Waals surface area (Å²) < 4.78 is 6.86. The fraction of sp³-hybridized carbons (Fsp3) is 0.176. The zero-order valence-corrected chi connectivity index (χ0v) is 13.8. The molecule has 2 heterocycles. The number of imidazole rings is 1. The van der Waals surface area contributed by atoms with E-state index in [-0.39, 0.29) is 17.3 Å². The molecule has 3 rings (SSSR count). The van der Waals surface area contributed by atoms with Crippen molar-refractivity contribution in [1.82, 2.24) is 19.5 Å². The molecular formula is C17H15ClN4O2. The largest absolute Gasteiger partial charge is 0.463 e. The third kappa shape index (κ3) is 2.88. The quantitative estimate of drug-likeness (QED) is 0.404. The van der Waals surface area contributed by atoms with Crippen LogP contribution in [0.2, 0.25) is 5.15 Å². The molecule has 0 saturated heterocycles. The van der Waals surface area contributed by atoms with Crippen LogP contribution in [0.4, 0.5) is 0 Å². The average molecular weight is 343 g/mol. The molecular weight excluding hydrogens is 328 g/mol. The summed E-state index contributed by atoms with van der Waals surface area (Å²) in [5.74, 6) is -0.464. The molecule has 1 atom stereocenters. The van der Waals surface area contributed by atoms with E-state index in [1.807, 2.05) is 30.3 Å². The fourth-order valence-corrected chi connectivity index (χ4v) is 2.69. The van der Waals surface area contributed by atoms with Crippen molar-refractivity contribution in [2.24, 2.45) is 0 Å². The van der Waals surface area contributed by atoms with Crippen LogP contribution < -0.4 is 0 Å². The fourth-order valence-electron chi connectivity index (χ4n) is 2.51. The number of carbonyl (C=O) groups is 1. The number of esters is 1. The Balaban J connectivity index is 2.15. The molecule has 1 aromatic carbocycles. The van der Waals surface area contributed by atoms with Crippen LogP contribution >= 0.6 is 11.6 Å². The minimum Gasteiger partial charge on any atom is -0.463 e. The van der Waals surface area contributed by atoms with E-state index >= 15 is 0 Å². The second kappa shape index (κ2) is 6.80. The Labute approximate surface area is 143 Å². The Bertz CT molecular complexity index is 892. The van der Waals surface area contributed by atoms with Crippen LogP contribution in [0.1, 0.15) is 18.5 Å². The summed E-state index contributed by atoms with van der Waals surface area (Å²) in [4.78, 5) is 24.7. The first-order valence-corrected chi connectivity index (χ1v) is 7.75. The van der Waals surface area contributed by atoms with Crippen molar-refractivity contribution in [3.8, 4) is 0 Å². The molecule has 0 N–H and O–H groups in total. The molecule has 0 bridgehead atoms. The number of hydrogen-bond donors (Lipinski definition) is 0. The van der Waals surface area contributed by atoms with Crippen LogP contribution in [-0.4, -0.2) is 32.1 Å². The molecule has 0 spiro atoms. The predicted molar refractivity (Wildman–Crippen MR) is 90.7 cm³/mol. The summed E-state index contributed by atoms with van der Waals surface area (Å²) >= 11 is 6.07. The molecule has 0 aliphatic carbocycles. The molecule has 0 saturated carbocycles. The Morgan fingerprint density at radius 1 is 1.29 bits per heavy atom. The summed E-state index contributed by atoms with van der Waals surface area (Å²) in [5, 5.41) is 0.257. The summed E-state index contributed by atoms with van der Waals surface area (Å²) in [6.45, 7) is 5.96. The van der Waals surface area contributed by atoms with Crippen molar-refractivity contribution in [3.05, 3.63) is 65.9 Å². The highest BCUT2D eigenvalue weighted by molar-refractivity contribution is 6.33. The van der Waals surface area contributed by atoms with Gasteiger partial charge in [0.1, 0.15) is 11.8 Å². The molecule has 1 unspecified atom stereocenters. The van der Waals surface area contributed by atoms with E-state index in [9.17, 15) is 4.79 Å². The lowest BCUT2D eigenvalue weighted by atomic mass is 9.99. The third-order valence-electron chi connectivity index (χ3n) is 3.58. The van der Waals surface area contributed by atoms with Gasteiger partial charge in [-0.05, 0) is 12.5 Å². The van der Waals surface area contributed by atoms with Gasteiger partial charge in [0.15, 0.2) is 10.8 Å². The molecule has 3 aromatic rings. The number of hydrogen-bond acceptors (Lipinski definition) is 5. The number of fused-ring (bicyclic) bond motifs is 1. The zero-order valence-electron chi connectivity index (χ0n) is 13.0. The first-order chi connectivity index (χ1) is 11.6. The molecule has 6 nitrogen and oxygen atoms in total. The molecule has 0 aliphatic heterocycles. The van der Waals surface area contributed by atoms with Gasteiger partial charge < -0.3 is 9.30 Å². The standard InChI is InChI=1S/C17H15ClN4O2/c1-3-24-17(23)11(2)14(12-7-5-4-6-8-12)22-10-21-13-15(18)19-9-20-16(13)22/h4-10,14H,2-3H2,1H3. The van der Waals surface area contributed by atoms with Crippen LogP contribution in [-0.2, 0) is 9.53 Å². The van der Waals surface area contributed by atoms with Crippen molar-refractivity contribution >= 4 is 28.7 Å². The van der Waals surface area contributed by atoms with Gasteiger partial charge in [0.2, 0.25) is 0 Å². The van der Waals surface area contributed by atoms with E-state index < -0.39 is 12.0 Å². The molecule has 0 fully saturated rings. The highest BCUT2D eigenvalue weighted by Crippen LogP contribution is 2.30. The van der Waals surface area contributed by atoms with Gasteiger partial charge in [-0.25, -0.2) is 19.7 Å². The smallest absolute Gasteiger partial charge is 0.335 e. The summed E-state index contributed by atoms with van der Waals surface area (Å²) in [6, 6.07) is 9.00. The number of benzene rings is 1. The monoisotopic (exact) mass is 342 g/mol. The Morgan fingerprint density at radius 2 is 2.04 bits per heavy atom. The van der Waals surface area contributed by atoms with Crippen molar-refractivity contribution in [3.63, 3.8) is 0 Å². The van der Waals surface area contributed by atoms with Crippen molar-refractivity contribution in [2.75, 3.05) is 6.61 Å². The number of carbonyl (C=O) groups excluding carboxylic acids is 1. The van der Waals surface area contributed by atoms with Gasteiger partial charge in [-0.3, -0.25) is 0 Å². The van der Waals surface area contributed by atoms with Crippen LogP contribution in [0, 0.1) is 0 Å². The number of halogens is 1. The van der Waals surface area contributed by atoms with E-state index in [1.54, 1.807) is 17.8 Å². The van der Waals surface area contributed by atoms with Gasteiger partial charge in [-0.1, -0.05) is 48.5 Å². The highest BCUT2D eigenvalue weighted by Gasteiger charge is 2.26. The lowest BCUT2D eigenvalue weighted by molar-refractivity contribution is -0.138. The molecule has 122 valence electrons. The highest BCUT2D eigenvalue weighted by atomic mass is 35.5. The lowest BCUT2D eigenvalue weighted by Crippen LogP contribution is -2.20. The molecule has 0 radical (unpaired) electrons. The molecule has 0 amide bonds. The van der Waals surface area contributed by atoms with E-state index in [0.29, 0.717) is 11.2 Å². The summed E-state index contributed by atoms with van der Waals surface area (Å²) in [7, 11) is 0. The molecule has 0 aliphatic rings. The SMILES string of the molecule is C=C(C(=O)OCC)C(c1ccccc1)n1cnc2c(Cl)ncnc21. The lowest BCUT2D eigenvalue weighted by Gasteiger charge is -2.21. The van der Waals surface area contributed by atoms with Gasteiger partial charge in [0.05, 0.1) is 24.5 Å². The zero-order chi connectivity index (χ0) is 17.1. The first-order valence-electron chi connectivity index (χ1n) is 7.37. The molecule has 24 heavy (non-hydrogen) atoms. The van der Waals surface area contributed by atoms with Crippen LogP contribution in [0.15, 0.2) is 55.1 Å². The normalized spacial score (nSPS) is 12.1. The van der Waals surface area contributed by atoms with Gasteiger partial charge >= 0.3 is 5.97 Å². The summed E-state index contributed by atoms with van der Waals surface area (Å²) in [5.41, 5.74) is 2.15. The van der Waals surface area contributed by atoms with E-state index in [4.69, 9.17) is 16.3 Å². The minimum atomic E-state index is -0.499. The van der Waals surface area contributed by atoms with Crippen LogP contribution in [0.3, 0.4) is 0 Å². The number of ether oxygens (including phenoxy) is 1. The Hall–Kier alpha value is -2.73. The average Bonchev–Trinajstić information content (AvgIpc) is 3.01. The van der Waals surface area contributed by atoms with E-state index in [2.05, 4.69) is 21.5 Å². The molecule has 2 aromatic heterocycles. The van der Waals surface area contributed by atoms with E-state index in [0.717, 1.165) is 5.56 Å². The second-order valence-electron chi connectivity index (χ2n) is 5.05.